The van der Waals surface area contributed by atoms with Gasteiger partial charge in [-0.25, -0.2) is 4.39 Å². The minimum absolute atomic E-state index is 0.144. The monoisotopic (exact) mass is 302 g/mol. The van der Waals surface area contributed by atoms with E-state index in [1.165, 1.54) is 12.1 Å². The molecule has 1 atom stereocenters. The smallest absolute Gasteiger partial charge is 0.311 e. The summed E-state index contributed by atoms with van der Waals surface area (Å²) in [6, 6.07) is 11.9. The number of carboxylic acids is 1. The highest BCUT2D eigenvalue weighted by Crippen LogP contribution is 2.25. The number of para-hydroxylation sites is 1. The molecule has 0 saturated heterocycles. The largest absolute Gasteiger partial charge is 0.490 e. The van der Waals surface area contributed by atoms with Crippen LogP contribution in [0.4, 0.5) is 4.39 Å². The van der Waals surface area contributed by atoms with Gasteiger partial charge in [-0.1, -0.05) is 35.9 Å². The number of ether oxygens (including phenoxy) is 1. The van der Waals surface area contributed by atoms with E-state index >= 15 is 0 Å². The Kier molecular flexibility index (Phi) is 5.15. The normalized spacial score (nSPS) is 12.0. The molecule has 3 nitrogen and oxygen atoms in total. The molecule has 0 amide bonds. The summed E-state index contributed by atoms with van der Waals surface area (Å²) in [5.41, 5.74) is 2.73. The average molecular weight is 302 g/mol. The van der Waals surface area contributed by atoms with Gasteiger partial charge in [0.2, 0.25) is 0 Å². The second kappa shape index (κ2) is 7.07. The van der Waals surface area contributed by atoms with E-state index < -0.39 is 17.7 Å². The summed E-state index contributed by atoms with van der Waals surface area (Å²) in [6.45, 7) is 3.96. The number of halogens is 1. The van der Waals surface area contributed by atoms with Crippen molar-refractivity contribution in [2.75, 3.05) is 6.61 Å². The molecule has 0 fully saturated rings. The van der Waals surface area contributed by atoms with E-state index in [9.17, 15) is 14.3 Å². The Morgan fingerprint density at radius 1 is 1.23 bits per heavy atom. The number of hydrogen-bond acceptors (Lipinski definition) is 2. The summed E-state index contributed by atoms with van der Waals surface area (Å²) in [4.78, 5) is 11.5. The number of benzene rings is 2. The third-order valence-electron chi connectivity index (χ3n) is 3.61. The highest BCUT2D eigenvalue weighted by atomic mass is 19.1. The summed E-state index contributed by atoms with van der Waals surface area (Å²) in [6.07, 6.45) is 0.286. The molecular formula is C18H19FO3. The minimum Gasteiger partial charge on any atom is -0.490 e. The second-order valence-corrected chi connectivity index (χ2v) is 5.32. The first kappa shape index (κ1) is 16.0. The van der Waals surface area contributed by atoms with Crippen molar-refractivity contribution in [3.63, 3.8) is 0 Å². The average Bonchev–Trinajstić information content (AvgIpc) is 2.48. The molecule has 0 saturated carbocycles. The molecule has 0 radical (unpaired) electrons. The van der Waals surface area contributed by atoms with Crippen LogP contribution in [-0.2, 0) is 4.79 Å². The Labute approximate surface area is 129 Å². The Morgan fingerprint density at radius 2 is 1.95 bits per heavy atom. The number of hydrogen-bond donors (Lipinski definition) is 1. The van der Waals surface area contributed by atoms with E-state index in [1.54, 1.807) is 12.1 Å². The van der Waals surface area contributed by atoms with Crippen molar-refractivity contribution < 1.29 is 19.0 Å². The summed E-state index contributed by atoms with van der Waals surface area (Å²) in [5, 5.41) is 9.46. The third kappa shape index (κ3) is 3.85. The van der Waals surface area contributed by atoms with E-state index in [4.69, 9.17) is 4.74 Å². The maximum absolute atomic E-state index is 13.5. The molecule has 0 aliphatic carbocycles. The molecule has 0 aliphatic heterocycles. The van der Waals surface area contributed by atoms with Crippen molar-refractivity contribution in [3.8, 4) is 5.75 Å². The Bertz CT molecular complexity index is 667. The van der Waals surface area contributed by atoms with E-state index in [0.717, 1.165) is 16.7 Å². The zero-order chi connectivity index (χ0) is 16.1. The van der Waals surface area contributed by atoms with Crippen LogP contribution in [0.1, 0.15) is 29.0 Å². The van der Waals surface area contributed by atoms with Gasteiger partial charge in [0, 0.05) is 0 Å². The summed E-state index contributed by atoms with van der Waals surface area (Å²) in [7, 11) is 0. The highest BCUT2D eigenvalue weighted by molar-refractivity contribution is 5.76. The molecule has 0 aliphatic rings. The first-order chi connectivity index (χ1) is 10.5. The summed E-state index contributed by atoms with van der Waals surface area (Å²) < 4.78 is 18.8. The first-order valence-electron chi connectivity index (χ1n) is 7.16. The van der Waals surface area contributed by atoms with Crippen LogP contribution in [-0.4, -0.2) is 17.7 Å². The van der Waals surface area contributed by atoms with Gasteiger partial charge in [0.05, 0.1) is 12.5 Å². The molecule has 1 unspecified atom stereocenters. The maximum atomic E-state index is 13.5. The van der Waals surface area contributed by atoms with Crippen LogP contribution in [0.2, 0.25) is 0 Å². The highest BCUT2D eigenvalue weighted by Gasteiger charge is 2.22. The lowest BCUT2D eigenvalue weighted by atomic mass is 9.91. The lowest BCUT2D eigenvalue weighted by molar-refractivity contribution is -0.139. The summed E-state index contributed by atoms with van der Waals surface area (Å²) >= 11 is 0. The molecule has 0 bridgehead atoms. The standard InChI is InChI=1S/C18H19FO3/c1-12-7-8-13(2)15(11-12)14(18(20)21)9-10-22-17-6-4-3-5-16(17)19/h3-8,11,14H,9-10H2,1-2H3,(H,20,21). The van der Waals surface area contributed by atoms with Gasteiger partial charge in [-0.2, -0.15) is 0 Å². The molecule has 0 heterocycles. The Balaban J connectivity index is 2.08. The number of aryl methyl sites for hydroxylation is 2. The molecule has 22 heavy (non-hydrogen) atoms. The Hall–Kier alpha value is -2.36. The van der Waals surface area contributed by atoms with Gasteiger partial charge in [-0.3, -0.25) is 4.79 Å². The van der Waals surface area contributed by atoms with Crippen molar-refractivity contribution in [1.29, 1.82) is 0 Å². The quantitative estimate of drug-likeness (QED) is 0.874. The molecule has 0 aromatic heterocycles. The topological polar surface area (TPSA) is 46.5 Å². The van der Waals surface area contributed by atoms with Crippen LogP contribution in [0.15, 0.2) is 42.5 Å². The molecule has 1 N–H and O–H groups in total. The number of rotatable bonds is 6. The molecule has 116 valence electrons. The van der Waals surface area contributed by atoms with Crippen molar-refractivity contribution in [2.24, 2.45) is 0 Å². The third-order valence-corrected chi connectivity index (χ3v) is 3.61. The first-order valence-corrected chi connectivity index (χ1v) is 7.16. The summed E-state index contributed by atoms with van der Waals surface area (Å²) in [5.74, 6) is -1.86. The van der Waals surface area contributed by atoms with Gasteiger partial charge in [0.1, 0.15) is 0 Å². The van der Waals surface area contributed by atoms with Gasteiger partial charge in [0.15, 0.2) is 11.6 Å². The van der Waals surface area contributed by atoms with Crippen molar-refractivity contribution in [3.05, 3.63) is 65.0 Å². The fourth-order valence-electron chi connectivity index (χ4n) is 2.40. The SMILES string of the molecule is Cc1ccc(C)c(C(CCOc2ccccc2F)C(=O)O)c1. The van der Waals surface area contributed by atoms with Crippen molar-refractivity contribution >= 4 is 5.97 Å². The predicted molar refractivity (Wildman–Crippen MR) is 82.8 cm³/mol. The molecular weight excluding hydrogens is 283 g/mol. The van der Waals surface area contributed by atoms with Gasteiger partial charge in [-0.05, 0) is 43.5 Å². The molecule has 0 spiro atoms. The molecule has 2 aromatic carbocycles. The Morgan fingerprint density at radius 3 is 2.64 bits per heavy atom. The minimum atomic E-state index is -0.897. The maximum Gasteiger partial charge on any atom is 0.311 e. The number of carboxylic acid groups (broad SMARTS) is 1. The lowest BCUT2D eigenvalue weighted by Crippen LogP contribution is -2.16. The number of carbonyl (C=O) groups is 1. The predicted octanol–water partition coefficient (Wildman–Crippen LogP) is 4.08. The van der Waals surface area contributed by atoms with E-state index in [-0.39, 0.29) is 18.8 Å². The van der Waals surface area contributed by atoms with Gasteiger partial charge in [-0.15, -0.1) is 0 Å². The number of aliphatic carboxylic acids is 1. The van der Waals surface area contributed by atoms with Crippen LogP contribution in [0.3, 0.4) is 0 Å². The zero-order valence-corrected chi connectivity index (χ0v) is 12.7. The van der Waals surface area contributed by atoms with Crippen molar-refractivity contribution in [1.82, 2.24) is 0 Å². The van der Waals surface area contributed by atoms with Crippen LogP contribution in [0, 0.1) is 19.7 Å². The van der Waals surface area contributed by atoms with Crippen LogP contribution >= 0.6 is 0 Å². The zero-order valence-electron chi connectivity index (χ0n) is 12.7. The molecule has 2 rings (SSSR count). The fourth-order valence-corrected chi connectivity index (χ4v) is 2.40. The van der Waals surface area contributed by atoms with E-state index in [1.807, 2.05) is 32.0 Å². The van der Waals surface area contributed by atoms with Crippen LogP contribution < -0.4 is 4.74 Å². The van der Waals surface area contributed by atoms with E-state index in [2.05, 4.69) is 0 Å². The van der Waals surface area contributed by atoms with Crippen LogP contribution in [0.5, 0.6) is 5.75 Å². The van der Waals surface area contributed by atoms with Crippen LogP contribution in [0.25, 0.3) is 0 Å². The lowest BCUT2D eigenvalue weighted by Gasteiger charge is -2.16. The van der Waals surface area contributed by atoms with Crippen molar-refractivity contribution in [2.45, 2.75) is 26.2 Å². The van der Waals surface area contributed by atoms with Gasteiger partial charge >= 0.3 is 5.97 Å². The van der Waals surface area contributed by atoms with E-state index in [0.29, 0.717) is 0 Å². The molecule has 4 heteroatoms. The van der Waals surface area contributed by atoms with Gasteiger partial charge in [0.25, 0.3) is 0 Å². The fraction of sp³-hybridized carbons (Fsp3) is 0.278. The van der Waals surface area contributed by atoms with Gasteiger partial charge < -0.3 is 9.84 Å². The second-order valence-electron chi connectivity index (χ2n) is 5.32. The molecule has 2 aromatic rings.